The molecule has 4 rings (SSSR count). The van der Waals surface area contributed by atoms with Gasteiger partial charge in [0.1, 0.15) is 0 Å². The first-order valence-corrected chi connectivity index (χ1v) is 10.8. The van der Waals surface area contributed by atoms with E-state index in [9.17, 15) is 9.59 Å². The van der Waals surface area contributed by atoms with Crippen LogP contribution in [0.2, 0.25) is 10.0 Å². The zero-order valence-electron chi connectivity index (χ0n) is 17.3. The Morgan fingerprint density at radius 2 is 1.48 bits per heavy atom. The highest BCUT2D eigenvalue weighted by Gasteiger charge is 2.13. The van der Waals surface area contributed by atoms with E-state index in [1.807, 2.05) is 24.3 Å². The van der Waals surface area contributed by atoms with Crippen LogP contribution in [0.3, 0.4) is 0 Å². The summed E-state index contributed by atoms with van der Waals surface area (Å²) in [4.78, 5) is 24.9. The summed E-state index contributed by atoms with van der Waals surface area (Å²) in [5, 5.41) is 9.78. The van der Waals surface area contributed by atoms with Crippen molar-refractivity contribution in [1.82, 2.24) is 0 Å². The van der Waals surface area contributed by atoms with Crippen LogP contribution in [-0.4, -0.2) is 11.8 Å². The zero-order valence-corrected chi connectivity index (χ0v) is 18.8. The Morgan fingerprint density at radius 1 is 0.788 bits per heavy atom. The van der Waals surface area contributed by atoms with E-state index in [-0.39, 0.29) is 24.0 Å². The lowest BCUT2D eigenvalue weighted by Crippen LogP contribution is -2.16. The lowest BCUT2D eigenvalue weighted by atomic mass is 10.1. The normalized spacial score (nSPS) is 10.5. The van der Waals surface area contributed by atoms with Gasteiger partial charge < -0.3 is 20.4 Å². The first-order valence-electron chi connectivity index (χ1n) is 10.0. The molecule has 3 aromatic carbocycles. The fourth-order valence-corrected chi connectivity index (χ4v) is 3.69. The molecule has 4 aromatic rings. The van der Waals surface area contributed by atoms with Gasteiger partial charge in [0, 0.05) is 17.1 Å². The van der Waals surface area contributed by atoms with Crippen molar-refractivity contribution < 1.29 is 14.0 Å². The number of amides is 2. The molecule has 0 bridgehead atoms. The lowest BCUT2D eigenvalue weighted by Gasteiger charge is -2.14. The highest BCUT2D eigenvalue weighted by atomic mass is 35.5. The third-order valence-corrected chi connectivity index (χ3v) is 5.37. The van der Waals surface area contributed by atoms with E-state index in [1.165, 1.54) is 6.26 Å². The molecule has 0 fully saturated rings. The Morgan fingerprint density at radius 3 is 2.21 bits per heavy atom. The molecule has 0 atom stereocenters. The van der Waals surface area contributed by atoms with Crippen LogP contribution in [0.5, 0.6) is 0 Å². The molecule has 1 heterocycles. The van der Waals surface area contributed by atoms with Crippen LogP contribution in [0.4, 0.5) is 22.7 Å². The number of furan rings is 1. The van der Waals surface area contributed by atoms with Crippen molar-refractivity contribution in [2.75, 3.05) is 16.0 Å². The molecule has 2 amide bonds. The van der Waals surface area contributed by atoms with Gasteiger partial charge in [-0.05, 0) is 54.1 Å². The minimum Gasteiger partial charge on any atom is -0.459 e. The van der Waals surface area contributed by atoms with Crippen LogP contribution < -0.4 is 16.0 Å². The SMILES string of the molecule is O=C(Cc1ccccc1Nc1c(Cl)cccc1Cl)Nc1cccc(NC(=O)c2ccco2)c1. The van der Waals surface area contributed by atoms with Gasteiger partial charge >= 0.3 is 0 Å². The van der Waals surface area contributed by atoms with E-state index in [2.05, 4.69) is 16.0 Å². The molecular weight excluding hydrogens is 461 g/mol. The van der Waals surface area contributed by atoms with Gasteiger partial charge in [0.2, 0.25) is 5.91 Å². The molecule has 6 nitrogen and oxygen atoms in total. The summed E-state index contributed by atoms with van der Waals surface area (Å²) in [6.07, 6.45) is 1.55. The molecule has 0 aliphatic heterocycles. The van der Waals surface area contributed by atoms with Crippen LogP contribution in [0.25, 0.3) is 0 Å². The Hall–Kier alpha value is -3.74. The van der Waals surface area contributed by atoms with Gasteiger partial charge in [-0.1, -0.05) is 53.5 Å². The summed E-state index contributed by atoms with van der Waals surface area (Å²) in [6, 6.07) is 22.8. The van der Waals surface area contributed by atoms with Crippen molar-refractivity contribution in [3.05, 3.63) is 106 Å². The summed E-state index contributed by atoms with van der Waals surface area (Å²) >= 11 is 12.5. The molecule has 0 saturated heterocycles. The highest BCUT2D eigenvalue weighted by molar-refractivity contribution is 6.39. The van der Waals surface area contributed by atoms with Gasteiger partial charge in [-0.25, -0.2) is 0 Å². The number of hydrogen-bond acceptors (Lipinski definition) is 4. The standard InChI is InChI=1S/C25H19Cl2N3O3/c26-19-9-4-10-20(27)24(19)30-21-11-2-1-6-16(21)14-23(31)28-17-7-3-8-18(15-17)29-25(32)22-12-5-13-33-22/h1-13,15,30H,14H2,(H,28,31)(H,29,32). The second-order valence-electron chi connectivity index (χ2n) is 7.12. The highest BCUT2D eigenvalue weighted by Crippen LogP contribution is 2.33. The van der Waals surface area contributed by atoms with Crippen molar-refractivity contribution in [2.24, 2.45) is 0 Å². The summed E-state index contributed by atoms with van der Waals surface area (Å²) < 4.78 is 5.09. The smallest absolute Gasteiger partial charge is 0.291 e. The number of anilines is 4. The first kappa shape index (κ1) is 22.5. The van der Waals surface area contributed by atoms with E-state index in [1.54, 1.807) is 54.6 Å². The fraction of sp³-hybridized carbons (Fsp3) is 0.0400. The maximum Gasteiger partial charge on any atom is 0.291 e. The largest absolute Gasteiger partial charge is 0.459 e. The molecule has 0 saturated carbocycles. The molecule has 0 radical (unpaired) electrons. The van der Waals surface area contributed by atoms with Gasteiger partial charge in [-0.3, -0.25) is 9.59 Å². The number of nitrogens with one attached hydrogen (secondary N) is 3. The quantitative estimate of drug-likeness (QED) is 0.273. The van der Waals surface area contributed by atoms with Crippen LogP contribution in [-0.2, 0) is 11.2 Å². The molecule has 33 heavy (non-hydrogen) atoms. The summed E-state index contributed by atoms with van der Waals surface area (Å²) in [6.45, 7) is 0. The second kappa shape index (κ2) is 10.3. The Labute approximate surface area is 200 Å². The zero-order chi connectivity index (χ0) is 23.2. The third kappa shape index (κ3) is 5.74. The van der Waals surface area contributed by atoms with Gasteiger partial charge in [0.05, 0.1) is 28.4 Å². The molecular formula is C25H19Cl2N3O3. The second-order valence-corrected chi connectivity index (χ2v) is 7.93. The van der Waals surface area contributed by atoms with Crippen molar-refractivity contribution in [3.63, 3.8) is 0 Å². The Bertz CT molecular complexity index is 1270. The molecule has 0 unspecified atom stereocenters. The molecule has 3 N–H and O–H groups in total. The maximum absolute atomic E-state index is 12.7. The van der Waals surface area contributed by atoms with E-state index in [0.717, 1.165) is 11.3 Å². The molecule has 1 aromatic heterocycles. The van der Waals surface area contributed by atoms with Crippen molar-refractivity contribution in [2.45, 2.75) is 6.42 Å². The van der Waals surface area contributed by atoms with Crippen LogP contribution in [0, 0.1) is 0 Å². The summed E-state index contributed by atoms with van der Waals surface area (Å²) in [7, 11) is 0. The van der Waals surface area contributed by atoms with Gasteiger partial charge in [-0.2, -0.15) is 0 Å². The number of para-hydroxylation sites is 2. The number of carbonyl (C=O) groups is 2. The number of rotatable bonds is 7. The monoisotopic (exact) mass is 479 g/mol. The molecule has 8 heteroatoms. The van der Waals surface area contributed by atoms with Gasteiger partial charge in [0.15, 0.2) is 5.76 Å². The van der Waals surface area contributed by atoms with Gasteiger partial charge in [-0.15, -0.1) is 0 Å². The van der Waals surface area contributed by atoms with Crippen molar-refractivity contribution in [1.29, 1.82) is 0 Å². The Kier molecular flexibility index (Phi) is 6.98. The number of halogens is 2. The number of hydrogen-bond donors (Lipinski definition) is 3. The number of benzene rings is 3. The molecule has 0 spiro atoms. The van der Waals surface area contributed by atoms with Crippen LogP contribution in [0.15, 0.2) is 89.5 Å². The lowest BCUT2D eigenvalue weighted by molar-refractivity contribution is -0.115. The average molecular weight is 480 g/mol. The van der Waals surface area contributed by atoms with E-state index >= 15 is 0 Å². The topological polar surface area (TPSA) is 83.4 Å². The molecule has 166 valence electrons. The van der Waals surface area contributed by atoms with Crippen molar-refractivity contribution >= 4 is 57.8 Å². The van der Waals surface area contributed by atoms with E-state index in [4.69, 9.17) is 27.6 Å². The number of carbonyl (C=O) groups excluding carboxylic acids is 2. The Balaban J connectivity index is 1.44. The minimum absolute atomic E-state index is 0.119. The van der Waals surface area contributed by atoms with E-state index < -0.39 is 0 Å². The van der Waals surface area contributed by atoms with E-state index in [0.29, 0.717) is 27.1 Å². The van der Waals surface area contributed by atoms with Crippen LogP contribution >= 0.6 is 23.2 Å². The fourth-order valence-electron chi connectivity index (χ4n) is 3.20. The third-order valence-electron chi connectivity index (χ3n) is 4.74. The summed E-state index contributed by atoms with van der Waals surface area (Å²) in [5.41, 5.74) is 3.16. The average Bonchev–Trinajstić information content (AvgIpc) is 3.33. The predicted octanol–water partition coefficient (Wildman–Crippen LogP) is 6.76. The minimum atomic E-state index is -0.373. The van der Waals surface area contributed by atoms with Crippen molar-refractivity contribution in [3.8, 4) is 0 Å². The molecule has 0 aliphatic carbocycles. The summed E-state index contributed by atoms with van der Waals surface area (Å²) in [5.74, 6) is -0.391. The maximum atomic E-state index is 12.7. The van der Waals surface area contributed by atoms with Gasteiger partial charge in [0.25, 0.3) is 5.91 Å². The van der Waals surface area contributed by atoms with Crippen LogP contribution in [0.1, 0.15) is 16.1 Å². The molecule has 0 aliphatic rings. The predicted molar refractivity (Wildman–Crippen MR) is 132 cm³/mol. The first-order chi connectivity index (χ1) is 16.0.